The fourth-order valence-corrected chi connectivity index (χ4v) is 5.49. The van der Waals surface area contributed by atoms with Crippen LogP contribution in [0, 0.1) is 11.8 Å². The smallest absolute Gasteiger partial charge is 0.309 e. The van der Waals surface area contributed by atoms with Crippen LogP contribution in [0.5, 0.6) is 0 Å². The van der Waals surface area contributed by atoms with Gasteiger partial charge in [-0.2, -0.15) is 0 Å². The Kier molecular flexibility index (Phi) is 22.7. The van der Waals surface area contributed by atoms with E-state index >= 15 is 0 Å². The van der Waals surface area contributed by atoms with Gasteiger partial charge in [0.15, 0.2) is 0 Å². The molecule has 0 spiro atoms. The van der Waals surface area contributed by atoms with Crippen LogP contribution in [0.15, 0.2) is 72.9 Å². The average molecular weight is 723 g/mol. The first-order chi connectivity index (χ1) is 22.7. The van der Waals surface area contributed by atoms with Crippen LogP contribution in [0.4, 0.5) is 0 Å². The van der Waals surface area contributed by atoms with Crippen molar-refractivity contribution in [2.75, 3.05) is 0 Å². The number of aliphatic hydroxyl groups is 5. The summed E-state index contributed by atoms with van der Waals surface area (Å²) in [7, 11) is 0. The Balaban J connectivity index is 0. The second kappa shape index (κ2) is 23.3. The normalized spacial score (nSPS) is 35.6. The van der Waals surface area contributed by atoms with E-state index in [-0.39, 0.29) is 65.2 Å². The second-order valence-corrected chi connectivity index (χ2v) is 13.6. The molecule has 0 saturated carbocycles. The molecule has 11 heteroatoms. The zero-order chi connectivity index (χ0) is 37.5. The summed E-state index contributed by atoms with van der Waals surface area (Å²) in [5, 5.41) is 51.2. The predicted octanol–water partition coefficient (Wildman–Crippen LogP) is 5.60. The molecule has 2 rings (SSSR count). The van der Waals surface area contributed by atoms with Crippen molar-refractivity contribution in [1.82, 2.24) is 0 Å². The number of hydrogen-bond donors (Lipinski definition) is 5. The van der Waals surface area contributed by atoms with Crippen LogP contribution in [-0.4, -0.2) is 91.3 Å². The van der Waals surface area contributed by atoms with Crippen molar-refractivity contribution in [2.24, 2.45) is 11.8 Å². The molecule has 0 aromatic rings. The molecule has 0 saturated heterocycles. The van der Waals surface area contributed by atoms with Crippen molar-refractivity contribution in [3.63, 3.8) is 0 Å². The summed E-state index contributed by atoms with van der Waals surface area (Å²) < 4.78 is 16.3. The third-order valence-corrected chi connectivity index (χ3v) is 8.63. The van der Waals surface area contributed by atoms with Crippen LogP contribution >= 0.6 is 0 Å². The molecule has 0 aromatic carbocycles. The van der Waals surface area contributed by atoms with Gasteiger partial charge in [-0.15, -0.1) is 0 Å². The number of allylic oxidation sites excluding steroid dienone is 4. The number of carbonyl (C=O) groups excluding carboxylic acids is 3. The van der Waals surface area contributed by atoms with E-state index in [2.05, 4.69) is 13.2 Å². The molecule has 5 N–H and O–H groups in total. The van der Waals surface area contributed by atoms with E-state index in [1.54, 1.807) is 49.5 Å². The van der Waals surface area contributed by atoms with Crippen LogP contribution < -0.4 is 0 Å². The topological polar surface area (TPSA) is 180 Å². The number of ether oxygens (including phenoxy) is 3. The lowest BCUT2D eigenvalue weighted by molar-refractivity contribution is -0.157. The minimum atomic E-state index is -1.37. The molecule has 0 radical (unpaired) electrons. The van der Waals surface area contributed by atoms with Gasteiger partial charge < -0.3 is 39.7 Å². The standard InChI is InChI=1S/C20H30O6.C18H28O5.2CH4/c1-6-7-13(2)19-14(3)8-9-17(25-15(4)21)20(5,24)11-10-16(22)12-18(23)26-19;1-5-6-12(2)17-13(3)7-8-15(20)18(4,22)10-9-14(19)11-16(21)23-17;;/h6-9,14,16-17,19,22,24H,1,10-12H2,2-5H3;5-8,13-15,17,19-20,22H,1,9-11H2,2-4H3;2*1H4/b9-8+,13-7+;8-7+,12-6+;;/t14-,16+,17-,19+,20+;13-,14+,15-,17+,18+;;/m00../s1. The number of hydrogen-bond acceptors (Lipinski definition) is 11. The Morgan fingerprint density at radius 3 is 1.55 bits per heavy atom. The molecule has 10 atom stereocenters. The zero-order valence-corrected chi connectivity index (χ0v) is 30.1. The first-order valence-corrected chi connectivity index (χ1v) is 16.7. The van der Waals surface area contributed by atoms with E-state index in [1.165, 1.54) is 19.9 Å². The van der Waals surface area contributed by atoms with Crippen molar-refractivity contribution in [1.29, 1.82) is 0 Å². The Labute approximate surface area is 306 Å². The highest BCUT2D eigenvalue weighted by atomic mass is 16.6. The highest BCUT2D eigenvalue weighted by molar-refractivity contribution is 5.71. The maximum absolute atomic E-state index is 12.2. The van der Waals surface area contributed by atoms with Gasteiger partial charge in [0.2, 0.25) is 0 Å². The first kappa shape index (κ1) is 49.8. The Morgan fingerprint density at radius 1 is 0.765 bits per heavy atom. The van der Waals surface area contributed by atoms with Gasteiger partial charge in [0.1, 0.15) is 30.0 Å². The van der Waals surface area contributed by atoms with Gasteiger partial charge >= 0.3 is 17.9 Å². The van der Waals surface area contributed by atoms with Crippen LogP contribution in [-0.2, 0) is 28.6 Å². The van der Waals surface area contributed by atoms with Gasteiger partial charge in [-0.3, -0.25) is 14.4 Å². The van der Waals surface area contributed by atoms with Gasteiger partial charge in [-0.05, 0) is 70.6 Å². The lowest BCUT2D eigenvalue weighted by Crippen LogP contribution is -2.42. The molecule has 2 aliphatic heterocycles. The summed E-state index contributed by atoms with van der Waals surface area (Å²) in [5.41, 5.74) is -1.11. The summed E-state index contributed by atoms with van der Waals surface area (Å²) in [5.74, 6) is -1.93. The van der Waals surface area contributed by atoms with Crippen LogP contribution in [0.2, 0.25) is 0 Å². The van der Waals surface area contributed by atoms with Crippen molar-refractivity contribution in [3.05, 3.63) is 72.9 Å². The van der Waals surface area contributed by atoms with E-state index in [0.717, 1.165) is 11.1 Å². The van der Waals surface area contributed by atoms with Gasteiger partial charge in [0.05, 0.1) is 30.7 Å². The quantitative estimate of drug-likeness (QED) is 0.103. The van der Waals surface area contributed by atoms with Gasteiger partial charge in [0.25, 0.3) is 0 Å². The predicted molar refractivity (Wildman–Crippen MR) is 200 cm³/mol. The summed E-state index contributed by atoms with van der Waals surface area (Å²) in [6, 6.07) is 0. The number of carbonyl (C=O) groups is 3. The molecule has 2 aliphatic rings. The van der Waals surface area contributed by atoms with Crippen LogP contribution in [0.3, 0.4) is 0 Å². The molecule has 2 heterocycles. The lowest BCUT2D eigenvalue weighted by atomic mass is 9.89. The third kappa shape index (κ3) is 17.6. The molecule has 0 fully saturated rings. The fourth-order valence-electron chi connectivity index (χ4n) is 5.49. The molecule has 51 heavy (non-hydrogen) atoms. The van der Waals surface area contributed by atoms with Gasteiger partial charge in [-0.25, -0.2) is 0 Å². The number of rotatable bonds is 5. The summed E-state index contributed by atoms with van der Waals surface area (Å²) >= 11 is 0. The number of aliphatic hydroxyl groups excluding tert-OH is 3. The summed E-state index contributed by atoms with van der Waals surface area (Å²) in [4.78, 5) is 35.6. The van der Waals surface area contributed by atoms with E-state index in [4.69, 9.17) is 14.2 Å². The van der Waals surface area contributed by atoms with Gasteiger partial charge in [0, 0.05) is 18.8 Å². The minimum absolute atomic E-state index is 0. The molecule has 0 aromatic heterocycles. The number of cyclic esters (lactones) is 2. The SMILES string of the molecule is C.C.C=C/C=C(\C)[C@H]1OC(=O)C[C@H](O)CC[C@@](C)(O)[C@@H](O)/C=C/[C@@H]1C.C=C/C=C(\C)[C@H]1OC(=O)C[C@H](O)CC[C@@](C)(O)[C@@H](OC(C)=O)/C=C/[C@@H]1C. The Morgan fingerprint density at radius 2 is 1.16 bits per heavy atom. The van der Waals surface area contributed by atoms with E-state index in [0.29, 0.717) is 0 Å². The van der Waals surface area contributed by atoms with E-state index < -0.39 is 65.7 Å². The van der Waals surface area contributed by atoms with Crippen molar-refractivity contribution >= 4 is 17.9 Å². The monoisotopic (exact) mass is 722 g/mol. The second-order valence-electron chi connectivity index (χ2n) is 13.6. The summed E-state index contributed by atoms with van der Waals surface area (Å²) in [6.07, 6.45) is 8.93. The Bertz CT molecular complexity index is 1240. The minimum Gasteiger partial charge on any atom is -0.457 e. The maximum Gasteiger partial charge on any atom is 0.309 e. The first-order valence-electron chi connectivity index (χ1n) is 16.7. The molecule has 0 unspecified atom stereocenters. The fraction of sp³-hybridized carbons (Fsp3) is 0.625. The van der Waals surface area contributed by atoms with E-state index in [9.17, 15) is 39.9 Å². The van der Waals surface area contributed by atoms with E-state index in [1.807, 2.05) is 27.7 Å². The van der Waals surface area contributed by atoms with Crippen LogP contribution in [0.1, 0.15) is 102 Å². The molecule has 0 bridgehead atoms. The zero-order valence-electron chi connectivity index (χ0n) is 30.1. The molecule has 0 amide bonds. The van der Waals surface area contributed by atoms with Crippen molar-refractivity contribution in [3.8, 4) is 0 Å². The molecule has 292 valence electrons. The van der Waals surface area contributed by atoms with Crippen molar-refractivity contribution in [2.45, 2.75) is 150 Å². The van der Waals surface area contributed by atoms with Gasteiger partial charge in [-0.1, -0.05) is 84.4 Å². The summed E-state index contributed by atoms with van der Waals surface area (Å²) in [6.45, 7) is 19.0. The third-order valence-electron chi connectivity index (χ3n) is 8.63. The molecular formula is C40H66O11. The van der Waals surface area contributed by atoms with Crippen LogP contribution in [0.25, 0.3) is 0 Å². The number of esters is 3. The maximum atomic E-state index is 12.2. The largest absolute Gasteiger partial charge is 0.457 e. The Hall–Kier alpha value is -3.35. The molecular weight excluding hydrogens is 656 g/mol. The highest BCUT2D eigenvalue weighted by Crippen LogP contribution is 2.28. The molecule has 11 nitrogen and oxygen atoms in total. The lowest BCUT2D eigenvalue weighted by Gasteiger charge is -2.32. The average Bonchev–Trinajstić information content (AvgIpc) is 3.00. The molecule has 0 aliphatic carbocycles. The highest BCUT2D eigenvalue weighted by Gasteiger charge is 2.35. The van der Waals surface area contributed by atoms with Crippen molar-refractivity contribution < 1.29 is 54.1 Å².